The number of carbonyl (C=O) groups excluding carboxylic acids is 1. The highest BCUT2D eigenvalue weighted by atomic mass is 32.2. The van der Waals surface area contributed by atoms with Crippen molar-refractivity contribution in [3.8, 4) is 22.6 Å². The van der Waals surface area contributed by atoms with E-state index in [0.717, 1.165) is 35.1 Å². The SMILES string of the molecule is Cc1ccc(NC(=O)C2(c3ccc4c(c3)OCO4)CC2)cc1-c1ccc(S(=O)(=O)N2CCCC(O)C2)cc1. The van der Waals surface area contributed by atoms with Gasteiger partial charge in [0.15, 0.2) is 11.5 Å². The number of fused-ring (bicyclic) bond motifs is 1. The van der Waals surface area contributed by atoms with Gasteiger partial charge in [-0.05, 0) is 91.3 Å². The predicted molar refractivity (Wildman–Crippen MR) is 143 cm³/mol. The Morgan fingerprint density at radius 3 is 2.53 bits per heavy atom. The molecule has 1 atom stereocenters. The normalized spacial score (nSPS) is 20.2. The first-order valence-electron chi connectivity index (χ1n) is 12.9. The molecule has 1 saturated carbocycles. The zero-order chi connectivity index (χ0) is 26.5. The lowest BCUT2D eigenvalue weighted by Gasteiger charge is -2.29. The molecule has 2 aliphatic heterocycles. The van der Waals surface area contributed by atoms with Crippen LogP contribution in [0.5, 0.6) is 11.5 Å². The maximum Gasteiger partial charge on any atom is 0.243 e. The number of hydrogen-bond donors (Lipinski definition) is 2. The number of anilines is 1. The topological polar surface area (TPSA) is 105 Å². The quantitative estimate of drug-likeness (QED) is 0.491. The number of carbonyl (C=O) groups is 1. The molecule has 1 amide bonds. The summed E-state index contributed by atoms with van der Waals surface area (Å²) in [6.45, 7) is 2.71. The molecule has 6 rings (SSSR count). The van der Waals surface area contributed by atoms with E-state index in [1.165, 1.54) is 4.31 Å². The zero-order valence-electron chi connectivity index (χ0n) is 21.1. The first-order chi connectivity index (χ1) is 18.3. The van der Waals surface area contributed by atoms with Gasteiger partial charge in [-0.3, -0.25) is 4.79 Å². The number of aliphatic hydroxyl groups is 1. The Kier molecular flexibility index (Phi) is 6.17. The average Bonchev–Trinajstić information content (AvgIpc) is 3.60. The Hall–Kier alpha value is -3.40. The second-order valence-corrected chi connectivity index (χ2v) is 12.3. The summed E-state index contributed by atoms with van der Waals surface area (Å²) in [4.78, 5) is 13.6. The number of ether oxygens (including phenoxy) is 2. The fourth-order valence-corrected chi connectivity index (χ4v) is 6.84. The molecule has 8 nitrogen and oxygen atoms in total. The molecule has 9 heteroatoms. The molecule has 0 radical (unpaired) electrons. The number of piperidine rings is 1. The van der Waals surface area contributed by atoms with Gasteiger partial charge in [0.05, 0.1) is 16.4 Å². The number of hydrogen-bond acceptors (Lipinski definition) is 6. The summed E-state index contributed by atoms with van der Waals surface area (Å²) in [6, 6.07) is 18.2. The Morgan fingerprint density at radius 1 is 1.03 bits per heavy atom. The lowest BCUT2D eigenvalue weighted by atomic mass is 9.94. The summed E-state index contributed by atoms with van der Waals surface area (Å²) in [5.74, 6) is 1.30. The maximum absolute atomic E-state index is 13.4. The minimum absolute atomic E-state index is 0.0590. The third-order valence-electron chi connectivity index (χ3n) is 7.77. The van der Waals surface area contributed by atoms with Gasteiger partial charge in [0.2, 0.25) is 22.7 Å². The fraction of sp³-hybridized carbons (Fsp3) is 0.345. The van der Waals surface area contributed by atoms with Crippen molar-refractivity contribution < 1.29 is 27.8 Å². The number of amides is 1. The second kappa shape index (κ2) is 9.41. The predicted octanol–water partition coefficient (Wildman–Crippen LogP) is 4.21. The molecule has 2 heterocycles. The van der Waals surface area contributed by atoms with E-state index in [2.05, 4.69) is 5.32 Å². The van der Waals surface area contributed by atoms with E-state index in [0.29, 0.717) is 36.6 Å². The highest BCUT2D eigenvalue weighted by Crippen LogP contribution is 2.51. The molecule has 0 aromatic heterocycles. The van der Waals surface area contributed by atoms with Crippen LogP contribution in [0.2, 0.25) is 0 Å². The van der Waals surface area contributed by atoms with E-state index in [-0.39, 0.29) is 24.1 Å². The van der Waals surface area contributed by atoms with E-state index in [4.69, 9.17) is 9.47 Å². The van der Waals surface area contributed by atoms with Gasteiger partial charge < -0.3 is 19.9 Å². The molecule has 2 fully saturated rings. The van der Waals surface area contributed by atoms with Crippen molar-refractivity contribution in [3.05, 3.63) is 71.8 Å². The number of β-amino-alcohol motifs (C(OH)–C–C–N with tert-alkyl or cyclic N) is 1. The van der Waals surface area contributed by atoms with Crippen LogP contribution in [0.1, 0.15) is 36.8 Å². The molecular formula is C29H30N2O6S. The van der Waals surface area contributed by atoms with E-state index in [9.17, 15) is 18.3 Å². The molecular weight excluding hydrogens is 504 g/mol. The molecule has 0 bridgehead atoms. The Balaban J connectivity index is 1.21. The van der Waals surface area contributed by atoms with Gasteiger partial charge in [-0.2, -0.15) is 4.31 Å². The van der Waals surface area contributed by atoms with E-state index < -0.39 is 21.5 Å². The van der Waals surface area contributed by atoms with Crippen LogP contribution in [0.15, 0.2) is 65.6 Å². The number of aliphatic hydroxyl groups excluding tert-OH is 1. The van der Waals surface area contributed by atoms with E-state index >= 15 is 0 Å². The lowest BCUT2D eigenvalue weighted by Crippen LogP contribution is -2.42. The van der Waals surface area contributed by atoms with Crippen LogP contribution in [-0.2, 0) is 20.2 Å². The third kappa shape index (κ3) is 4.44. The molecule has 1 saturated heterocycles. The van der Waals surface area contributed by atoms with Crippen molar-refractivity contribution in [1.82, 2.24) is 4.31 Å². The lowest BCUT2D eigenvalue weighted by molar-refractivity contribution is -0.118. The average molecular weight is 535 g/mol. The number of benzene rings is 3. The fourth-order valence-electron chi connectivity index (χ4n) is 5.32. The van der Waals surface area contributed by atoms with Crippen molar-refractivity contribution in [2.75, 3.05) is 25.2 Å². The zero-order valence-corrected chi connectivity index (χ0v) is 22.0. The van der Waals surface area contributed by atoms with Gasteiger partial charge >= 0.3 is 0 Å². The second-order valence-electron chi connectivity index (χ2n) is 10.3. The van der Waals surface area contributed by atoms with E-state index in [1.807, 2.05) is 43.3 Å². The van der Waals surface area contributed by atoms with Crippen LogP contribution in [0.25, 0.3) is 11.1 Å². The molecule has 0 spiro atoms. The van der Waals surface area contributed by atoms with Crippen LogP contribution in [0.3, 0.4) is 0 Å². The highest BCUT2D eigenvalue weighted by Gasteiger charge is 2.51. The van der Waals surface area contributed by atoms with Gasteiger partial charge in [0.25, 0.3) is 0 Å². The number of aryl methyl sites for hydroxylation is 1. The highest BCUT2D eigenvalue weighted by molar-refractivity contribution is 7.89. The molecule has 1 unspecified atom stereocenters. The minimum Gasteiger partial charge on any atom is -0.454 e. The van der Waals surface area contributed by atoms with Gasteiger partial charge in [-0.1, -0.05) is 24.3 Å². The summed E-state index contributed by atoms with van der Waals surface area (Å²) >= 11 is 0. The summed E-state index contributed by atoms with van der Waals surface area (Å²) in [6.07, 6.45) is 2.17. The summed E-state index contributed by atoms with van der Waals surface area (Å²) in [5.41, 5.74) is 3.80. The molecule has 3 aliphatic rings. The van der Waals surface area contributed by atoms with Crippen molar-refractivity contribution in [1.29, 1.82) is 0 Å². The summed E-state index contributed by atoms with van der Waals surface area (Å²) in [5, 5.41) is 13.0. The molecule has 2 N–H and O–H groups in total. The van der Waals surface area contributed by atoms with Gasteiger partial charge in [0.1, 0.15) is 0 Å². The molecule has 198 valence electrons. The first-order valence-corrected chi connectivity index (χ1v) is 14.3. The minimum atomic E-state index is -3.67. The van der Waals surface area contributed by atoms with Crippen LogP contribution in [0.4, 0.5) is 5.69 Å². The van der Waals surface area contributed by atoms with Crippen molar-refractivity contribution in [2.45, 2.75) is 49.0 Å². The number of rotatable bonds is 6. The van der Waals surface area contributed by atoms with Crippen LogP contribution in [-0.4, -0.2) is 49.7 Å². The first kappa shape index (κ1) is 24.9. The molecule has 3 aromatic rings. The van der Waals surface area contributed by atoms with Crippen LogP contribution < -0.4 is 14.8 Å². The third-order valence-corrected chi connectivity index (χ3v) is 9.65. The van der Waals surface area contributed by atoms with Crippen molar-refractivity contribution >= 4 is 21.6 Å². The number of nitrogens with zero attached hydrogens (tertiary/aromatic N) is 1. The molecule has 1 aliphatic carbocycles. The van der Waals surface area contributed by atoms with Gasteiger partial charge in [-0.25, -0.2) is 8.42 Å². The Morgan fingerprint density at radius 2 is 1.79 bits per heavy atom. The Labute approximate surface area is 222 Å². The molecule has 3 aromatic carbocycles. The maximum atomic E-state index is 13.4. The molecule has 38 heavy (non-hydrogen) atoms. The monoisotopic (exact) mass is 534 g/mol. The smallest absolute Gasteiger partial charge is 0.243 e. The largest absolute Gasteiger partial charge is 0.454 e. The van der Waals surface area contributed by atoms with Crippen LogP contribution >= 0.6 is 0 Å². The van der Waals surface area contributed by atoms with Gasteiger partial charge in [0, 0.05) is 18.8 Å². The summed E-state index contributed by atoms with van der Waals surface area (Å²) in [7, 11) is -3.67. The van der Waals surface area contributed by atoms with Gasteiger partial charge in [-0.15, -0.1) is 0 Å². The summed E-state index contributed by atoms with van der Waals surface area (Å²) < 4.78 is 38.4. The van der Waals surface area contributed by atoms with E-state index in [1.54, 1.807) is 24.3 Å². The standard InChI is InChI=1S/C29H30N2O6S/c1-19-4-8-22(30-28(33)29(12-13-29)21-7-11-26-27(15-21)37-18-36-26)16-25(19)20-5-9-24(10-6-20)38(34,35)31-14-2-3-23(32)17-31/h4-11,15-16,23,32H,2-3,12-14,17-18H2,1H3,(H,30,33). The number of sulfonamides is 1. The Bertz CT molecular complexity index is 1500. The van der Waals surface area contributed by atoms with Crippen molar-refractivity contribution in [3.63, 3.8) is 0 Å². The van der Waals surface area contributed by atoms with Crippen LogP contribution in [0, 0.1) is 6.92 Å². The number of nitrogens with one attached hydrogen (secondary N) is 1. The van der Waals surface area contributed by atoms with Crippen molar-refractivity contribution in [2.24, 2.45) is 0 Å².